The SMILES string of the molecule is O=C1CCC(N2C(=O)c3ccc(NCCCC4CC(n5cc(N6CCOCC6)cn5)C4)cc3C2=O)C(=O)N1. The van der Waals surface area contributed by atoms with Crippen LogP contribution in [0.4, 0.5) is 11.4 Å². The summed E-state index contributed by atoms with van der Waals surface area (Å²) in [4.78, 5) is 52.8. The lowest BCUT2D eigenvalue weighted by Crippen LogP contribution is -2.54. The maximum Gasteiger partial charge on any atom is 0.262 e. The van der Waals surface area contributed by atoms with E-state index in [1.54, 1.807) is 18.2 Å². The first-order valence-electron chi connectivity index (χ1n) is 13.4. The van der Waals surface area contributed by atoms with E-state index >= 15 is 0 Å². The topological polar surface area (TPSA) is 126 Å². The highest BCUT2D eigenvalue weighted by Gasteiger charge is 2.44. The molecule has 1 unspecified atom stereocenters. The quantitative estimate of drug-likeness (QED) is 0.400. The molecule has 0 spiro atoms. The van der Waals surface area contributed by atoms with Crippen molar-refractivity contribution in [3.05, 3.63) is 41.7 Å². The summed E-state index contributed by atoms with van der Waals surface area (Å²) in [6.07, 6.45) is 8.77. The van der Waals surface area contributed by atoms with Gasteiger partial charge >= 0.3 is 0 Å². The Balaban J connectivity index is 0.961. The number of carbonyl (C=O) groups is 4. The van der Waals surface area contributed by atoms with Crippen LogP contribution < -0.4 is 15.5 Å². The van der Waals surface area contributed by atoms with E-state index in [0.29, 0.717) is 23.1 Å². The number of nitrogens with one attached hydrogen (secondary N) is 2. The zero-order chi connectivity index (χ0) is 26.2. The predicted molar refractivity (Wildman–Crippen MR) is 138 cm³/mol. The van der Waals surface area contributed by atoms with E-state index in [9.17, 15) is 19.2 Å². The van der Waals surface area contributed by atoms with Gasteiger partial charge in [0.25, 0.3) is 11.8 Å². The highest BCUT2D eigenvalue weighted by Crippen LogP contribution is 2.40. The monoisotopic (exact) mass is 520 g/mol. The number of ether oxygens (including phenoxy) is 1. The van der Waals surface area contributed by atoms with Crippen molar-refractivity contribution in [2.45, 2.75) is 50.6 Å². The molecule has 6 rings (SSSR count). The van der Waals surface area contributed by atoms with Gasteiger partial charge in [-0.05, 0) is 56.2 Å². The smallest absolute Gasteiger partial charge is 0.262 e. The van der Waals surface area contributed by atoms with Crippen LogP contribution in [0.15, 0.2) is 30.6 Å². The number of amides is 4. The number of aromatic nitrogens is 2. The summed E-state index contributed by atoms with van der Waals surface area (Å²) in [7, 11) is 0. The van der Waals surface area contributed by atoms with Crippen LogP contribution in [0.2, 0.25) is 0 Å². The summed E-state index contributed by atoms with van der Waals surface area (Å²) >= 11 is 0. The van der Waals surface area contributed by atoms with E-state index in [0.717, 1.165) is 69.1 Å². The van der Waals surface area contributed by atoms with Gasteiger partial charge in [-0.1, -0.05) is 0 Å². The summed E-state index contributed by atoms with van der Waals surface area (Å²) in [5.41, 5.74) is 2.53. The Morgan fingerprint density at radius 3 is 2.63 bits per heavy atom. The summed E-state index contributed by atoms with van der Waals surface area (Å²) in [5.74, 6) is -1.28. The van der Waals surface area contributed by atoms with Gasteiger partial charge in [0, 0.05) is 37.9 Å². The third-order valence-electron chi connectivity index (χ3n) is 8.11. The van der Waals surface area contributed by atoms with E-state index in [1.165, 1.54) is 5.69 Å². The molecule has 3 aliphatic heterocycles. The van der Waals surface area contributed by atoms with Gasteiger partial charge in [0.05, 0.1) is 42.3 Å². The molecule has 4 amide bonds. The second-order valence-corrected chi connectivity index (χ2v) is 10.5. The van der Waals surface area contributed by atoms with Gasteiger partial charge in [-0.3, -0.25) is 34.1 Å². The molecule has 2 saturated heterocycles. The van der Waals surface area contributed by atoms with E-state index < -0.39 is 23.8 Å². The Morgan fingerprint density at radius 2 is 1.84 bits per heavy atom. The number of rotatable bonds is 8. The number of fused-ring (bicyclic) bond motifs is 1. The van der Waals surface area contributed by atoms with Crippen LogP contribution >= 0.6 is 0 Å². The molecule has 200 valence electrons. The van der Waals surface area contributed by atoms with Crippen molar-refractivity contribution in [2.24, 2.45) is 5.92 Å². The maximum absolute atomic E-state index is 13.0. The fourth-order valence-corrected chi connectivity index (χ4v) is 5.87. The first kappa shape index (κ1) is 24.6. The molecule has 0 radical (unpaired) electrons. The third kappa shape index (κ3) is 4.66. The van der Waals surface area contributed by atoms with E-state index in [-0.39, 0.29) is 18.7 Å². The Bertz CT molecular complexity index is 1260. The number of carbonyl (C=O) groups excluding carboxylic acids is 4. The van der Waals surface area contributed by atoms with Crippen LogP contribution in [0.1, 0.15) is 65.3 Å². The van der Waals surface area contributed by atoms with Crippen LogP contribution in [0, 0.1) is 5.92 Å². The van der Waals surface area contributed by atoms with Gasteiger partial charge in [-0.15, -0.1) is 0 Å². The molecule has 38 heavy (non-hydrogen) atoms. The first-order chi connectivity index (χ1) is 18.5. The number of imide groups is 2. The van der Waals surface area contributed by atoms with Crippen LogP contribution in [-0.4, -0.2) is 77.2 Å². The number of hydrogen-bond acceptors (Lipinski definition) is 8. The molecule has 4 heterocycles. The molecule has 11 heteroatoms. The first-order valence-corrected chi connectivity index (χ1v) is 13.4. The molecule has 1 aromatic carbocycles. The molecule has 11 nitrogen and oxygen atoms in total. The van der Waals surface area contributed by atoms with Crippen molar-refractivity contribution in [2.75, 3.05) is 43.1 Å². The van der Waals surface area contributed by atoms with Crippen molar-refractivity contribution in [1.29, 1.82) is 0 Å². The summed E-state index contributed by atoms with van der Waals surface area (Å²) < 4.78 is 7.54. The predicted octanol–water partition coefficient (Wildman–Crippen LogP) is 1.96. The average Bonchev–Trinajstić information content (AvgIpc) is 3.47. The van der Waals surface area contributed by atoms with Crippen LogP contribution in [0.5, 0.6) is 0 Å². The van der Waals surface area contributed by atoms with E-state index in [1.807, 2.05) is 6.20 Å². The number of nitrogens with zero attached hydrogens (tertiary/aromatic N) is 4. The van der Waals surface area contributed by atoms with E-state index in [2.05, 4.69) is 31.5 Å². The van der Waals surface area contributed by atoms with Crippen molar-refractivity contribution in [3.8, 4) is 0 Å². The molecule has 1 saturated carbocycles. The van der Waals surface area contributed by atoms with Gasteiger partial charge in [-0.2, -0.15) is 5.10 Å². The Kier molecular flexibility index (Phi) is 6.61. The molecule has 1 aliphatic carbocycles. The van der Waals surface area contributed by atoms with Crippen LogP contribution in [0.3, 0.4) is 0 Å². The molecule has 0 bridgehead atoms. The molecule has 2 aromatic rings. The minimum atomic E-state index is -0.949. The van der Waals surface area contributed by atoms with Crippen molar-refractivity contribution < 1.29 is 23.9 Å². The lowest BCUT2D eigenvalue weighted by Gasteiger charge is -2.35. The van der Waals surface area contributed by atoms with Crippen molar-refractivity contribution >= 4 is 35.0 Å². The van der Waals surface area contributed by atoms with Gasteiger partial charge in [0.2, 0.25) is 11.8 Å². The van der Waals surface area contributed by atoms with Gasteiger partial charge in [0.1, 0.15) is 6.04 Å². The molecule has 2 N–H and O–H groups in total. The Labute approximate surface area is 220 Å². The minimum absolute atomic E-state index is 0.107. The largest absolute Gasteiger partial charge is 0.385 e. The number of anilines is 2. The number of benzene rings is 1. The standard InChI is InChI=1S/C27H32N6O5/c34-24-6-5-23(25(35)30-24)33-26(36)21-4-3-18(14-22(21)27(33)37)28-7-1-2-17-12-19(13-17)32-16-20(15-29-32)31-8-10-38-11-9-31/h3-4,14-17,19,23,28H,1-2,5-13H2,(H,30,34,35). The lowest BCUT2D eigenvalue weighted by molar-refractivity contribution is -0.136. The van der Waals surface area contributed by atoms with Crippen molar-refractivity contribution in [1.82, 2.24) is 20.0 Å². The second kappa shape index (κ2) is 10.2. The van der Waals surface area contributed by atoms with Gasteiger partial charge < -0.3 is 15.0 Å². The fraction of sp³-hybridized carbons (Fsp3) is 0.519. The van der Waals surface area contributed by atoms with Crippen molar-refractivity contribution in [3.63, 3.8) is 0 Å². The third-order valence-corrected chi connectivity index (χ3v) is 8.11. The van der Waals surface area contributed by atoms with Gasteiger partial charge in [-0.25, -0.2) is 0 Å². The highest BCUT2D eigenvalue weighted by molar-refractivity contribution is 6.23. The normalized spacial score (nSPS) is 25.3. The lowest BCUT2D eigenvalue weighted by atomic mass is 9.77. The molecule has 1 atom stereocenters. The second-order valence-electron chi connectivity index (χ2n) is 10.5. The van der Waals surface area contributed by atoms with E-state index in [4.69, 9.17) is 4.74 Å². The Hall–Kier alpha value is -3.73. The summed E-state index contributed by atoms with van der Waals surface area (Å²) in [5, 5.41) is 10.2. The molecule has 4 aliphatic rings. The number of hydrogen-bond donors (Lipinski definition) is 2. The molecule has 3 fully saturated rings. The minimum Gasteiger partial charge on any atom is -0.385 e. The molecule has 1 aromatic heterocycles. The average molecular weight is 521 g/mol. The Morgan fingerprint density at radius 1 is 1.05 bits per heavy atom. The zero-order valence-electron chi connectivity index (χ0n) is 21.2. The molecular weight excluding hydrogens is 488 g/mol. The fourth-order valence-electron chi connectivity index (χ4n) is 5.87. The zero-order valence-corrected chi connectivity index (χ0v) is 21.2. The molecular formula is C27H32N6O5. The summed E-state index contributed by atoms with van der Waals surface area (Å²) in [6.45, 7) is 4.14. The maximum atomic E-state index is 13.0. The highest BCUT2D eigenvalue weighted by atomic mass is 16.5. The number of morpholine rings is 1. The van der Waals surface area contributed by atoms with Crippen LogP contribution in [-0.2, 0) is 14.3 Å². The summed E-state index contributed by atoms with van der Waals surface area (Å²) in [6, 6.07) is 4.63. The van der Waals surface area contributed by atoms with Crippen LogP contribution in [0.25, 0.3) is 0 Å². The van der Waals surface area contributed by atoms with Gasteiger partial charge in [0.15, 0.2) is 0 Å². The number of piperidine rings is 1.